The summed E-state index contributed by atoms with van der Waals surface area (Å²) >= 11 is 0. The number of halogens is 4. The Labute approximate surface area is 129 Å². The Kier molecular flexibility index (Phi) is 8.71. The van der Waals surface area contributed by atoms with Crippen molar-refractivity contribution in [2.45, 2.75) is 13.3 Å². The van der Waals surface area contributed by atoms with E-state index in [2.05, 4.69) is 43.4 Å². The van der Waals surface area contributed by atoms with Crippen molar-refractivity contribution >= 4 is 7.25 Å². The normalized spacial score (nSPS) is 21.2. The van der Waals surface area contributed by atoms with Crippen LogP contribution in [0.3, 0.4) is 0 Å². The second kappa shape index (κ2) is 9.12. The van der Waals surface area contributed by atoms with E-state index >= 15 is 0 Å². The van der Waals surface area contributed by atoms with Gasteiger partial charge in [0.1, 0.15) is 0 Å². The molecule has 3 rings (SSSR count). The molecule has 1 aromatic rings. The second-order valence-corrected chi connectivity index (χ2v) is 4.48. The fourth-order valence-corrected chi connectivity index (χ4v) is 1.86. The molecule has 0 heterocycles. The SMILES string of the molecule is C1=CC2C=CC1C2.Cc1ccccc1.F[B-](F)(F)F.[Rh]. The van der Waals surface area contributed by atoms with Crippen molar-refractivity contribution in [2.24, 2.45) is 11.8 Å². The van der Waals surface area contributed by atoms with Crippen molar-refractivity contribution in [3.63, 3.8) is 0 Å². The largest absolute Gasteiger partial charge is 0.673 e. The monoisotopic (exact) mass is 374 g/mol. The Morgan fingerprint density at radius 3 is 1.35 bits per heavy atom. The summed E-state index contributed by atoms with van der Waals surface area (Å²) in [4.78, 5) is 0. The van der Waals surface area contributed by atoms with Gasteiger partial charge in [-0.2, -0.15) is 0 Å². The van der Waals surface area contributed by atoms with E-state index in [0.717, 1.165) is 11.8 Å². The molecule has 1 aromatic carbocycles. The molecule has 6 heteroatoms. The van der Waals surface area contributed by atoms with E-state index < -0.39 is 7.25 Å². The molecule has 2 aliphatic carbocycles. The van der Waals surface area contributed by atoms with Gasteiger partial charge in [-0.05, 0) is 25.2 Å². The van der Waals surface area contributed by atoms with Crippen LogP contribution >= 0.6 is 0 Å². The minimum atomic E-state index is -6.00. The fourth-order valence-electron chi connectivity index (χ4n) is 1.86. The van der Waals surface area contributed by atoms with Crippen LogP contribution in [0.5, 0.6) is 0 Å². The van der Waals surface area contributed by atoms with Crippen LogP contribution in [0.25, 0.3) is 0 Å². The third kappa shape index (κ3) is 9.96. The first-order valence-corrected chi connectivity index (χ1v) is 6.10. The van der Waals surface area contributed by atoms with Crippen LogP contribution in [0.1, 0.15) is 12.0 Å². The molecule has 0 N–H and O–H groups in total. The van der Waals surface area contributed by atoms with Gasteiger partial charge in [-0.25, -0.2) is 0 Å². The molecule has 0 atom stereocenters. The molecule has 113 valence electrons. The van der Waals surface area contributed by atoms with Gasteiger partial charge in [0.15, 0.2) is 0 Å². The van der Waals surface area contributed by atoms with Crippen LogP contribution in [0.2, 0.25) is 0 Å². The smallest absolute Gasteiger partial charge is 0.418 e. The van der Waals surface area contributed by atoms with Crippen molar-refractivity contribution in [3.05, 3.63) is 60.2 Å². The second-order valence-electron chi connectivity index (χ2n) is 4.48. The van der Waals surface area contributed by atoms with Gasteiger partial charge >= 0.3 is 7.25 Å². The van der Waals surface area contributed by atoms with Gasteiger partial charge in [0.2, 0.25) is 0 Å². The molecule has 20 heavy (non-hydrogen) atoms. The molecular formula is C14H16BF4Rh-. The number of fused-ring (bicyclic) bond motifs is 2. The topological polar surface area (TPSA) is 0 Å². The standard InChI is InChI=1S/2C7H8.BF4.Rh/c1-2-7-4-3-6(1)5-7;1-7-5-3-2-4-6-7;2-1(3,4)5;/h1-4,6-7H,5H2;2-6H,1H3;;/q;;-1;. The van der Waals surface area contributed by atoms with E-state index in [1.807, 2.05) is 18.2 Å². The average molecular weight is 374 g/mol. The van der Waals surface area contributed by atoms with Crippen molar-refractivity contribution < 1.29 is 36.7 Å². The molecule has 0 unspecified atom stereocenters. The van der Waals surface area contributed by atoms with Crippen molar-refractivity contribution in [3.8, 4) is 0 Å². The summed E-state index contributed by atoms with van der Waals surface area (Å²) in [6.07, 6.45) is 10.5. The molecule has 0 aliphatic heterocycles. The maximum Gasteiger partial charge on any atom is 0.673 e. The van der Waals surface area contributed by atoms with Crippen LogP contribution in [0.15, 0.2) is 54.6 Å². The third-order valence-electron chi connectivity index (χ3n) is 2.70. The summed E-state index contributed by atoms with van der Waals surface area (Å²) in [5.74, 6) is 1.62. The molecule has 2 aliphatic rings. The zero-order chi connectivity index (χ0) is 14.3. The molecule has 0 fully saturated rings. The molecule has 0 saturated carbocycles. The van der Waals surface area contributed by atoms with Crippen LogP contribution in [-0.2, 0) is 19.5 Å². The van der Waals surface area contributed by atoms with Gasteiger partial charge in [0.25, 0.3) is 0 Å². The molecule has 0 aromatic heterocycles. The molecular weight excluding hydrogens is 358 g/mol. The summed E-state index contributed by atoms with van der Waals surface area (Å²) in [6, 6.07) is 10.3. The van der Waals surface area contributed by atoms with Gasteiger partial charge in [0.05, 0.1) is 0 Å². The summed E-state index contributed by atoms with van der Waals surface area (Å²) in [5.41, 5.74) is 1.32. The van der Waals surface area contributed by atoms with E-state index in [4.69, 9.17) is 0 Å². The fraction of sp³-hybridized carbons (Fsp3) is 0.286. The van der Waals surface area contributed by atoms with E-state index in [1.165, 1.54) is 12.0 Å². The summed E-state index contributed by atoms with van der Waals surface area (Å²) < 4.78 is 39.0. The summed E-state index contributed by atoms with van der Waals surface area (Å²) in [5, 5.41) is 0. The summed E-state index contributed by atoms with van der Waals surface area (Å²) in [6.45, 7) is 2.08. The zero-order valence-electron chi connectivity index (χ0n) is 11.0. The van der Waals surface area contributed by atoms with Crippen LogP contribution in [0, 0.1) is 18.8 Å². The Morgan fingerprint density at radius 1 is 0.850 bits per heavy atom. The van der Waals surface area contributed by atoms with Crippen LogP contribution in [0.4, 0.5) is 17.3 Å². The van der Waals surface area contributed by atoms with Gasteiger partial charge < -0.3 is 17.3 Å². The first-order valence-electron chi connectivity index (χ1n) is 6.10. The van der Waals surface area contributed by atoms with Gasteiger partial charge in [-0.15, -0.1) is 0 Å². The van der Waals surface area contributed by atoms with Gasteiger partial charge in [0, 0.05) is 19.5 Å². The molecule has 1 radical (unpaired) electrons. The molecule has 0 spiro atoms. The van der Waals surface area contributed by atoms with E-state index in [0.29, 0.717) is 0 Å². The number of benzene rings is 1. The number of hydrogen-bond acceptors (Lipinski definition) is 0. The van der Waals surface area contributed by atoms with E-state index in [1.54, 1.807) is 0 Å². The van der Waals surface area contributed by atoms with Crippen molar-refractivity contribution in [1.82, 2.24) is 0 Å². The number of aryl methyl sites for hydroxylation is 1. The zero-order valence-corrected chi connectivity index (χ0v) is 12.6. The molecule has 0 nitrogen and oxygen atoms in total. The van der Waals surface area contributed by atoms with E-state index in [-0.39, 0.29) is 19.5 Å². The van der Waals surface area contributed by atoms with Crippen LogP contribution < -0.4 is 0 Å². The van der Waals surface area contributed by atoms with E-state index in [9.17, 15) is 17.3 Å². The number of allylic oxidation sites excluding steroid dienone is 4. The van der Waals surface area contributed by atoms with Crippen LogP contribution in [-0.4, -0.2) is 7.25 Å². The summed E-state index contributed by atoms with van der Waals surface area (Å²) in [7, 11) is -6.00. The third-order valence-corrected chi connectivity index (χ3v) is 2.70. The predicted octanol–water partition coefficient (Wildman–Crippen LogP) is 5.04. The van der Waals surface area contributed by atoms with Crippen molar-refractivity contribution in [1.29, 1.82) is 0 Å². The molecule has 0 saturated heterocycles. The Bertz CT molecular complexity index is 395. The number of rotatable bonds is 0. The average Bonchev–Trinajstić information content (AvgIpc) is 2.92. The predicted molar refractivity (Wildman–Crippen MR) is 71.2 cm³/mol. The maximum absolute atomic E-state index is 9.75. The minimum absolute atomic E-state index is 0. The minimum Gasteiger partial charge on any atom is -0.418 e. The number of hydrogen-bond donors (Lipinski definition) is 0. The Morgan fingerprint density at radius 2 is 1.20 bits per heavy atom. The first kappa shape index (κ1) is 19.1. The first-order chi connectivity index (χ1) is 8.84. The Balaban J connectivity index is 0.000000270. The van der Waals surface area contributed by atoms with Gasteiger partial charge in [-0.1, -0.05) is 60.2 Å². The van der Waals surface area contributed by atoms with Crippen molar-refractivity contribution in [2.75, 3.05) is 0 Å². The quantitative estimate of drug-likeness (QED) is 0.339. The Hall–Kier alpha value is -0.892. The van der Waals surface area contributed by atoms with Gasteiger partial charge in [-0.3, -0.25) is 0 Å². The molecule has 0 amide bonds. The molecule has 2 bridgehead atoms. The maximum atomic E-state index is 9.75.